The Labute approximate surface area is 185 Å². The number of anilines is 1. The van der Waals surface area contributed by atoms with E-state index in [2.05, 4.69) is 29.8 Å². The molecule has 0 aliphatic carbocycles. The molecule has 172 valence electrons. The summed E-state index contributed by atoms with van der Waals surface area (Å²) >= 11 is 6.29. The van der Waals surface area contributed by atoms with Gasteiger partial charge in [0.15, 0.2) is 11.5 Å². The van der Waals surface area contributed by atoms with Crippen molar-refractivity contribution in [1.82, 2.24) is 19.9 Å². The summed E-state index contributed by atoms with van der Waals surface area (Å²) in [7, 11) is -4.78. The van der Waals surface area contributed by atoms with Gasteiger partial charge in [-0.15, -0.1) is 0 Å². The van der Waals surface area contributed by atoms with Crippen LogP contribution in [0.2, 0.25) is 5.02 Å². The number of nitrogens with zero attached hydrogens (tertiary/aromatic N) is 3. The van der Waals surface area contributed by atoms with Gasteiger partial charge >= 0.3 is 7.82 Å². The average molecular weight is 488 g/mol. The summed E-state index contributed by atoms with van der Waals surface area (Å²) in [5.41, 5.74) is 1.69. The number of aliphatic hydroxyl groups is 2. The molecule has 4 atom stereocenters. The van der Waals surface area contributed by atoms with Gasteiger partial charge in [0.05, 0.1) is 18.0 Å². The number of phosphoric ester groups is 1. The normalized spacial score (nSPS) is 23.5. The number of aromatic nitrogens is 4. The van der Waals surface area contributed by atoms with Gasteiger partial charge in [0.25, 0.3) is 0 Å². The number of ether oxygens (including phenoxy) is 2. The quantitative estimate of drug-likeness (QED) is 0.242. The van der Waals surface area contributed by atoms with E-state index >= 15 is 0 Å². The fraction of sp³-hybridized carbons (Fsp3) is 0.353. The number of para-hydroxylation sites is 1. The Morgan fingerprint density at radius 1 is 1.22 bits per heavy atom. The minimum atomic E-state index is -4.78. The summed E-state index contributed by atoms with van der Waals surface area (Å²) in [5.74, 6) is 0.685. The second-order valence-electron chi connectivity index (χ2n) is 6.83. The van der Waals surface area contributed by atoms with Crippen LogP contribution in [0.15, 0.2) is 30.9 Å². The minimum absolute atomic E-state index is 0.185. The molecule has 15 heteroatoms. The number of nitrogens with one attached hydrogen (secondary N) is 2. The summed E-state index contributed by atoms with van der Waals surface area (Å²) in [5, 5.41) is 23.7. The zero-order valence-corrected chi connectivity index (χ0v) is 17.8. The van der Waals surface area contributed by atoms with E-state index < -0.39 is 39.0 Å². The van der Waals surface area contributed by atoms with E-state index in [9.17, 15) is 14.8 Å². The molecule has 2 aromatic heterocycles. The van der Waals surface area contributed by atoms with Gasteiger partial charge in [-0.2, -0.15) is 0 Å². The molecule has 4 rings (SSSR count). The molecule has 0 amide bonds. The van der Waals surface area contributed by atoms with E-state index in [4.69, 9.17) is 30.9 Å². The smallest absolute Gasteiger partial charge is 0.460 e. The number of benzene rings is 1. The Hall–Kier alpha value is -2.35. The third-order valence-electron chi connectivity index (χ3n) is 4.68. The Bertz CT molecular complexity index is 1140. The first-order valence-corrected chi connectivity index (χ1v) is 11.2. The van der Waals surface area contributed by atoms with Gasteiger partial charge in [-0.1, -0.05) is 23.7 Å². The minimum Gasteiger partial charge on any atom is -0.460 e. The number of hydrogen-bond donors (Lipinski definition) is 6. The lowest BCUT2D eigenvalue weighted by Crippen LogP contribution is -2.36. The van der Waals surface area contributed by atoms with Gasteiger partial charge in [-0.25, -0.2) is 19.5 Å². The van der Waals surface area contributed by atoms with Gasteiger partial charge in [-0.3, -0.25) is 4.52 Å². The summed E-state index contributed by atoms with van der Waals surface area (Å²) in [6.07, 6.45) is -2.72. The maximum Gasteiger partial charge on any atom is 0.469 e. The van der Waals surface area contributed by atoms with Crippen LogP contribution in [0.1, 0.15) is 5.56 Å². The van der Waals surface area contributed by atoms with E-state index in [-0.39, 0.29) is 17.3 Å². The molecule has 13 nitrogen and oxygen atoms in total. The fourth-order valence-electron chi connectivity index (χ4n) is 3.14. The summed E-state index contributed by atoms with van der Waals surface area (Å²) < 4.78 is 26.4. The first kappa shape index (κ1) is 22.8. The first-order chi connectivity index (χ1) is 15.2. The molecular formula is C17H19ClN5O8P. The van der Waals surface area contributed by atoms with Crippen molar-refractivity contribution in [3.05, 3.63) is 41.4 Å². The highest BCUT2D eigenvalue weighted by molar-refractivity contribution is 7.46. The summed E-state index contributed by atoms with van der Waals surface area (Å²) in [6, 6.07) is 5.01. The number of rotatable bonds is 8. The number of H-pyrrole nitrogens is 1. The molecule has 1 aromatic carbocycles. The maximum atomic E-state index is 10.9. The first-order valence-electron chi connectivity index (χ1n) is 9.26. The highest BCUT2D eigenvalue weighted by atomic mass is 35.5. The zero-order valence-electron chi connectivity index (χ0n) is 16.2. The molecule has 1 fully saturated rings. The SMILES string of the molecule is O=P(O)(O)OC[C@H]1OC(Oc2c(Cl)cccc2CNc2ncnc3nc[nH]c23)[C@H](O)[C@@H]1O. The lowest BCUT2D eigenvalue weighted by molar-refractivity contribution is -0.116. The molecule has 1 aliphatic heterocycles. The second-order valence-corrected chi connectivity index (χ2v) is 8.48. The van der Waals surface area contributed by atoms with Crippen LogP contribution in [0.3, 0.4) is 0 Å². The molecule has 0 spiro atoms. The third-order valence-corrected chi connectivity index (χ3v) is 5.46. The van der Waals surface area contributed by atoms with Crippen molar-refractivity contribution in [3.63, 3.8) is 0 Å². The third kappa shape index (κ3) is 5.00. The van der Waals surface area contributed by atoms with Gasteiger partial charge < -0.3 is 39.8 Å². The van der Waals surface area contributed by atoms with Crippen molar-refractivity contribution in [2.24, 2.45) is 0 Å². The van der Waals surface area contributed by atoms with E-state index in [1.165, 1.54) is 12.7 Å². The number of fused-ring (bicyclic) bond motifs is 1. The highest BCUT2D eigenvalue weighted by Gasteiger charge is 2.45. The Balaban J connectivity index is 1.48. The van der Waals surface area contributed by atoms with Crippen molar-refractivity contribution >= 4 is 36.4 Å². The van der Waals surface area contributed by atoms with Crippen LogP contribution in [-0.4, -0.2) is 71.1 Å². The van der Waals surface area contributed by atoms with Crippen LogP contribution < -0.4 is 10.1 Å². The number of phosphoric acid groups is 1. The fourth-order valence-corrected chi connectivity index (χ4v) is 3.72. The molecule has 0 bridgehead atoms. The Morgan fingerprint density at radius 2 is 2.03 bits per heavy atom. The van der Waals surface area contributed by atoms with Crippen LogP contribution in [0, 0.1) is 0 Å². The summed E-state index contributed by atoms with van der Waals surface area (Å²) in [4.78, 5) is 32.9. The number of aromatic amines is 1. The van der Waals surface area contributed by atoms with E-state index in [0.717, 1.165) is 0 Å². The predicted octanol–water partition coefficient (Wildman–Crippen LogP) is 0.553. The van der Waals surface area contributed by atoms with E-state index in [1.54, 1.807) is 18.2 Å². The van der Waals surface area contributed by atoms with Crippen LogP contribution in [0.5, 0.6) is 5.75 Å². The number of imidazole rings is 1. The van der Waals surface area contributed by atoms with E-state index in [1.807, 2.05) is 0 Å². The highest BCUT2D eigenvalue weighted by Crippen LogP contribution is 2.38. The Kier molecular flexibility index (Phi) is 6.60. The molecule has 3 aromatic rings. The zero-order chi connectivity index (χ0) is 22.9. The largest absolute Gasteiger partial charge is 0.469 e. The van der Waals surface area contributed by atoms with Crippen molar-refractivity contribution in [3.8, 4) is 5.75 Å². The van der Waals surface area contributed by atoms with Crippen molar-refractivity contribution < 1.29 is 38.6 Å². The maximum absolute atomic E-state index is 10.9. The van der Waals surface area contributed by atoms with Crippen LogP contribution in [0.25, 0.3) is 11.2 Å². The van der Waals surface area contributed by atoms with Crippen LogP contribution >= 0.6 is 19.4 Å². The molecule has 0 radical (unpaired) electrons. The van der Waals surface area contributed by atoms with Gasteiger partial charge in [0.1, 0.15) is 35.9 Å². The number of aliphatic hydroxyl groups excluding tert-OH is 2. The molecule has 0 saturated carbocycles. The average Bonchev–Trinajstić information content (AvgIpc) is 3.33. The monoisotopic (exact) mass is 487 g/mol. The van der Waals surface area contributed by atoms with Crippen molar-refractivity contribution in [2.75, 3.05) is 11.9 Å². The van der Waals surface area contributed by atoms with Crippen molar-refractivity contribution in [1.29, 1.82) is 0 Å². The van der Waals surface area contributed by atoms with Gasteiger partial charge in [0, 0.05) is 12.1 Å². The van der Waals surface area contributed by atoms with Crippen LogP contribution in [0.4, 0.5) is 5.82 Å². The molecule has 32 heavy (non-hydrogen) atoms. The lowest BCUT2D eigenvalue weighted by Gasteiger charge is -2.20. The van der Waals surface area contributed by atoms with Gasteiger partial charge in [-0.05, 0) is 6.07 Å². The topological polar surface area (TPSA) is 192 Å². The molecule has 1 saturated heterocycles. The molecule has 1 unspecified atom stereocenters. The van der Waals surface area contributed by atoms with Crippen molar-refractivity contribution in [2.45, 2.75) is 31.1 Å². The van der Waals surface area contributed by atoms with E-state index in [0.29, 0.717) is 22.5 Å². The number of halogens is 1. The predicted molar refractivity (Wildman–Crippen MR) is 110 cm³/mol. The van der Waals surface area contributed by atoms with Gasteiger partial charge in [0.2, 0.25) is 6.29 Å². The molecule has 6 N–H and O–H groups in total. The second kappa shape index (κ2) is 9.25. The molecule has 3 heterocycles. The Morgan fingerprint density at radius 3 is 2.81 bits per heavy atom. The lowest BCUT2D eigenvalue weighted by atomic mass is 10.1. The summed E-state index contributed by atoms with van der Waals surface area (Å²) in [6.45, 7) is -0.426. The standard InChI is InChI=1S/C17H19ClN5O8P/c18-9-3-1-2-8(4-19-15-11-16(21-6-20-11)23-7-22-15)14(9)31-17-13(25)12(24)10(30-17)5-29-32(26,27)28/h1-3,6-7,10,12-13,17,24-25H,4-5H2,(H2,26,27,28)(H2,19,20,21,22,23)/t10-,12-,13-,17?/m1/s1. The molecular weight excluding hydrogens is 469 g/mol. The van der Waals surface area contributed by atoms with Crippen LogP contribution in [-0.2, 0) is 20.4 Å². The number of hydrogen-bond acceptors (Lipinski definition) is 10. The molecule has 1 aliphatic rings.